The average molecular weight is 404 g/mol. The number of hydrogen-bond donors (Lipinski definition) is 0. The molecule has 0 aliphatic heterocycles. The lowest BCUT2D eigenvalue weighted by Crippen LogP contribution is -2.28. The van der Waals surface area contributed by atoms with Gasteiger partial charge < -0.3 is 0 Å². The Morgan fingerprint density at radius 3 is 2.26 bits per heavy atom. The number of aromatic nitrogens is 2. The number of hydrogen-bond acceptors (Lipinski definition) is 5. The molecule has 0 aliphatic carbocycles. The molecule has 2 heterocycles. The second-order valence-corrected chi connectivity index (χ2v) is 9.43. The van der Waals surface area contributed by atoms with Gasteiger partial charge in [0.2, 0.25) is 0 Å². The molecule has 27 heavy (non-hydrogen) atoms. The van der Waals surface area contributed by atoms with Gasteiger partial charge in [-0.25, -0.2) is 13.1 Å². The van der Waals surface area contributed by atoms with E-state index in [0.29, 0.717) is 17.1 Å². The molecule has 0 fully saturated rings. The highest BCUT2D eigenvalue weighted by Crippen LogP contribution is 2.29. The molecule has 0 amide bonds. The van der Waals surface area contributed by atoms with Crippen LogP contribution in [0.2, 0.25) is 0 Å². The summed E-state index contributed by atoms with van der Waals surface area (Å²) >= 11 is 1.10. The number of thiophene rings is 1. The van der Waals surface area contributed by atoms with E-state index in [9.17, 15) is 13.2 Å². The third kappa shape index (κ3) is 3.54. The van der Waals surface area contributed by atoms with E-state index in [1.807, 2.05) is 19.9 Å². The molecule has 6 nitrogen and oxygen atoms in total. The Labute approximate surface area is 163 Å². The molecule has 0 unspecified atom stereocenters. The lowest BCUT2D eigenvalue weighted by atomic mass is 10.1. The van der Waals surface area contributed by atoms with Crippen LogP contribution in [0, 0.1) is 27.7 Å². The van der Waals surface area contributed by atoms with Crippen molar-refractivity contribution in [2.75, 3.05) is 11.4 Å². The number of sulfonamides is 1. The molecule has 0 saturated heterocycles. The molecule has 1 aromatic carbocycles. The smallest absolute Gasteiger partial charge is 0.269 e. The summed E-state index contributed by atoms with van der Waals surface area (Å²) in [6, 6.07) is 8.84. The van der Waals surface area contributed by atoms with Crippen molar-refractivity contribution in [1.29, 1.82) is 0 Å². The Hall–Kier alpha value is -2.45. The first-order valence-corrected chi connectivity index (χ1v) is 10.7. The number of nitrogens with zero attached hydrogens (tertiary/aromatic N) is 3. The number of carbonyl (C=O) groups excluding carboxylic acids is 1. The van der Waals surface area contributed by atoms with Gasteiger partial charge in [0.25, 0.3) is 15.9 Å². The van der Waals surface area contributed by atoms with Gasteiger partial charge in [0.1, 0.15) is 9.77 Å². The maximum atomic E-state index is 13.2. The quantitative estimate of drug-likeness (QED) is 0.666. The topological polar surface area (TPSA) is 72.3 Å². The maximum absolute atomic E-state index is 13.2. The van der Waals surface area contributed by atoms with Gasteiger partial charge in [0.15, 0.2) is 0 Å². The maximum Gasteiger partial charge on any atom is 0.289 e. The fraction of sp³-hybridized carbons (Fsp3) is 0.263. The third-order valence-electron chi connectivity index (χ3n) is 4.23. The highest BCUT2D eigenvalue weighted by atomic mass is 32.2. The second-order valence-electron chi connectivity index (χ2n) is 6.58. The number of rotatable bonds is 4. The Bertz CT molecular complexity index is 1110. The van der Waals surface area contributed by atoms with Crippen LogP contribution in [0.4, 0.5) is 5.69 Å². The largest absolute Gasteiger partial charge is 0.289 e. The summed E-state index contributed by atoms with van der Waals surface area (Å²) in [5, 5.41) is 5.79. The van der Waals surface area contributed by atoms with E-state index in [4.69, 9.17) is 0 Å². The standard InChI is InChI=1S/C19H21N3O3S2/c1-12-8-13(2)10-16(9-12)21(5)27(24,25)17-6-7-26-18(17)19(23)22-15(4)11-14(3)20-22/h6-11H,1-5H3. The average Bonchev–Trinajstić information content (AvgIpc) is 3.19. The van der Waals surface area contributed by atoms with Crippen LogP contribution in [0.15, 0.2) is 40.6 Å². The Morgan fingerprint density at radius 2 is 1.70 bits per heavy atom. The first-order valence-electron chi connectivity index (χ1n) is 8.34. The van der Waals surface area contributed by atoms with Crippen LogP contribution in [0.25, 0.3) is 0 Å². The molecule has 142 valence electrons. The summed E-state index contributed by atoms with van der Waals surface area (Å²) in [7, 11) is -2.39. The van der Waals surface area contributed by atoms with Crippen LogP contribution in [-0.4, -0.2) is 31.2 Å². The van der Waals surface area contributed by atoms with Crippen molar-refractivity contribution in [2.24, 2.45) is 0 Å². The molecule has 8 heteroatoms. The fourth-order valence-corrected chi connectivity index (χ4v) is 5.50. The zero-order valence-corrected chi connectivity index (χ0v) is 17.5. The van der Waals surface area contributed by atoms with Crippen molar-refractivity contribution >= 4 is 33.0 Å². The lowest BCUT2D eigenvalue weighted by Gasteiger charge is -2.20. The monoisotopic (exact) mass is 403 g/mol. The Morgan fingerprint density at radius 1 is 1.07 bits per heavy atom. The van der Waals surface area contributed by atoms with Crippen LogP contribution in [0.5, 0.6) is 0 Å². The summed E-state index contributed by atoms with van der Waals surface area (Å²) in [6.45, 7) is 7.39. The van der Waals surface area contributed by atoms with Crippen LogP contribution in [0.1, 0.15) is 32.2 Å². The number of carbonyl (C=O) groups is 1. The molecule has 0 N–H and O–H groups in total. The molecule has 0 spiro atoms. The minimum Gasteiger partial charge on any atom is -0.269 e. The summed E-state index contributed by atoms with van der Waals surface area (Å²) in [4.78, 5) is 13.0. The third-order valence-corrected chi connectivity index (χ3v) is 7.09. The van der Waals surface area contributed by atoms with Crippen molar-refractivity contribution in [2.45, 2.75) is 32.6 Å². The second kappa shape index (κ2) is 6.94. The highest BCUT2D eigenvalue weighted by molar-refractivity contribution is 7.93. The van der Waals surface area contributed by atoms with Gasteiger partial charge in [-0.2, -0.15) is 5.10 Å². The first kappa shape index (κ1) is 19.3. The lowest BCUT2D eigenvalue weighted by molar-refractivity contribution is 0.0943. The number of aryl methyl sites for hydroxylation is 4. The molecular weight excluding hydrogens is 382 g/mol. The van der Waals surface area contributed by atoms with Crippen LogP contribution in [-0.2, 0) is 10.0 Å². The van der Waals surface area contributed by atoms with E-state index in [1.54, 1.807) is 37.4 Å². The van der Waals surface area contributed by atoms with E-state index in [2.05, 4.69) is 5.10 Å². The molecule has 0 saturated carbocycles. The molecular formula is C19H21N3O3S2. The van der Waals surface area contributed by atoms with Gasteiger partial charge in [-0.05, 0) is 68.5 Å². The minimum atomic E-state index is -3.89. The van der Waals surface area contributed by atoms with Crippen LogP contribution in [0.3, 0.4) is 0 Å². The van der Waals surface area contributed by atoms with Crippen LogP contribution >= 0.6 is 11.3 Å². The van der Waals surface area contributed by atoms with Gasteiger partial charge in [0.05, 0.1) is 11.4 Å². The van der Waals surface area contributed by atoms with Gasteiger partial charge in [-0.15, -0.1) is 11.3 Å². The van der Waals surface area contributed by atoms with E-state index >= 15 is 0 Å². The molecule has 0 radical (unpaired) electrons. The van der Waals surface area contributed by atoms with Crippen molar-refractivity contribution < 1.29 is 13.2 Å². The predicted octanol–water partition coefficient (Wildman–Crippen LogP) is 3.69. The molecule has 0 bridgehead atoms. The van der Waals surface area contributed by atoms with Crippen LogP contribution < -0.4 is 4.31 Å². The minimum absolute atomic E-state index is 0.00767. The molecule has 2 aromatic heterocycles. The Balaban J connectivity index is 2.05. The van der Waals surface area contributed by atoms with Gasteiger partial charge in [0, 0.05) is 12.7 Å². The number of benzene rings is 1. The van der Waals surface area contributed by atoms with Gasteiger partial charge in [-0.3, -0.25) is 9.10 Å². The van der Waals surface area contributed by atoms with Gasteiger partial charge in [-0.1, -0.05) is 6.07 Å². The van der Waals surface area contributed by atoms with E-state index in [1.165, 1.54) is 22.1 Å². The van der Waals surface area contributed by atoms with Crippen molar-refractivity contribution in [3.63, 3.8) is 0 Å². The zero-order chi connectivity index (χ0) is 19.9. The molecule has 3 aromatic rings. The van der Waals surface area contributed by atoms with Gasteiger partial charge >= 0.3 is 0 Å². The Kier molecular flexibility index (Phi) is 4.96. The molecule has 0 atom stereocenters. The summed E-state index contributed by atoms with van der Waals surface area (Å²) < 4.78 is 28.9. The molecule has 0 aliphatic rings. The normalized spacial score (nSPS) is 11.6. The summed E-state index contributed by atoms with van der Waals surface area (Å²) in [5.41, 5.74) is 3.86. The zero-order valence-electron chi connectivity index (χ0n) is 15.8. The summed E-state index contributed by atoms with van der Waals surface area (Å²) in [5.74, 6) is -0.442. The van der Waals surface area contributed by atoms with E-state index in [0.717, 1.165) is 22.5 Å². The summed E-state index contributed by atoms with van der Waals surface area (Å²) in [6.07, 6.45) is 0. The predicted molar refractivity (Wildman–Crippen MR) is 107 cm³/mol. The van der Waals surface area contributed by atoms with Crippen molar-refractivity contribution in [3.8, 4) is 0 Å². The first-order chi connectivity index (χ1) is 12.6. The highest BCUT2D eigenvalue weighted by Gasteiger charge is 2.30. The fourth-order valence-electron chi connectivity index (χ4n) is 3.01. The van der Waals surface area contributed by atoms with Crippen molar-refractivity contribution in [1.82, 2.24) is 9.78 Å². The number of anilines is 1. The van der Waals surface area contributed by atoms with E-state index in [-0.39, 0.29) is 9.77 Å². The van der Waals surface area contributed by atoms with E-state index < -0.39 is 15.9 Å². The van der Waals surface area contributed by atoms with Crippen molar-refractivity contribution in [3.05, 3.63) is 63.1 Å². The molecule has 3 rings (SSSR count). The SMILES string of the molecule is Cc1cc(C)cc(N(C)S(=O)(=O)c2ccsc2C(=O)n2nc(C)cc2C)c1.